The molecule has 0 aliphatic heterocycles. The van der Waals surface area contributed by atoms with Crippen molar-refractivity contribution in [2.45, 2.75) is 51.9 Å². The van der Waals surface area contributed by atoms with Gasteiger partial charge in [-0.3, -0.25) is 9.59 Å². The van der Waals surface area contributed by atoms with Crippen LogP contribution in [0.3, 0.4) is 0 Å². The number of H-pyrrole nitrogens is 1. The van der Waals surface area contributed by atoms with Crippen molar-refractivity contribution in [2.24, 2.45) is 0 Å². The van der Waals surface area contributed by atoms with Crippen LogP contribution in [-0.2, 0) is 4.79 Å². The second-order valence-electron chi connectivity index (χ2n) is 9.72. The molecule has 0 unspecified atom stereocenters. The number of hydrogen-bond acceptors (Lipinski definition) is 2. The molecule has 3 N–H and O–H groups in total. The molecule has 0 saturated carbocycles. The first kappa shape index (κ1) is 26.1. The second-order valence-corrected chi connectivity index (χ2v) is 9.72. The fourth-order valence-corrected chi connectivity index (χ4v) is 5.11. The minimum atomic E-state index is -0.951. The molecule has 6 heteroatoms. The standard InChI is InChI=1S/C31H33FN2O3/c1-4-5-24(21-10-12-23(13-11-21)31(37)33-15-14-28(35)36)29(22-8-6-19(2)7-9-22)26-18-34-30-25(26)16-20(3)17-27(30)32/h6-13,16-18,24,29,34H,4-5,14-15H2,1-3H3,(H,33,37)(H,35,36)/t24-,29+/m1/s1. The minimum Gasteiger partial charge on any atom is -0.481 e. The van der Waals surface area contributed by atoms with E-state index < -0.39 is 5.97 Å². The Morgan fingerprint density at radius 2 is 1.65 bits per heavy atom. The monoisotopic (exact) mass is 500 g/mol. The van der Waals surface area contributed by atoms with Crippen LogP contribution in [-0.4, -0.2) is 28.5 Å². The number of aliphatic carboxylic acids is 1. The van der Waals surface area contributed by atoms with Gasteiger partial charge < -0.3 is 15.4 Å². The van der Waals surface area contributed by atoms with Crippen molar-refractivity contribution in [2.75, 3.05) is 6.54 Å². The highest BCUT2D eigenvalue weighted by Gasteiger charge is 2.29. The summed E-state index contributed by atoms with van der Waals surface area (Å²) in [7, 11) is 0. The molecular weight excluding hydrogens is 467 g/mol. The zero-order valence-electron chi connectivity index (χ0n) is 21.5. The number of aryl methyl sites for hydroxylation is 2. The predicted octanol–water partition coefficient (Wildman–Crippen LogP) is 6.84. The van der Waals surface area contributed by atoms with Gasteiger partial charge in [-0.15, -0.1) is 0 Å². The van der Waals surface area contributed by atoms with Crippen molar-refractivity contribution in [3.8, 4) is 0 Å². The number of halogens is 1. The molecule has 1 amide bonds. The Balaban J connectivity index is 1.76. The number of carbonyl (C=O) groups is 2. The summed E-state index contributed by atoms with van der Waals surface area (Å²) in [5, 5.41) is 12.3. The van der Waals surface area contributed by atoms with Crippen LogP contribution in [0.5, 0.6) is 0 Å². The van der Waals surface area contributed by atoms with Gasteiger partial charge >= 0.3 is 5.97 Å². The Morgan fingerprint density at radius 1 is 0.973 bits per heavy atom. The van der Waals surface area contributed by atoms with Crippen molar-refractivity contribution in [1.82, 2.24) is 10.3 Å². The lowest BCUT2D eigenvalue weighted by atomic mass is 9.74. The summed E-state index contributed by atoms with van der Waals surface area (Å²) in [6.07, 6.45) is 3.68. The molecule has 4 rings (SSSR count). The topological polar surface area (TPSA) is 82.2 Å². The van der Waals surface area contributed by atoms with Gasteiger partial charge in [-0.05, 0) is 72.7 Å². The van der Waals surface area contributed by atoms with E-state index in [0.29, 0.717) is 11.1 Å². The van der Waals surface area contributed by atoms with Crippen molar-refractivity contribution >= 4 is 22.8 Å². The zero-order valence-corrected chi connectivity index (χ0v) is 21.5. The SMILES string of the molecule is CCC[C@H](c1ccc(C(=O)NCCC(=O)O)cc1)[C@H](c1ccc(C)cc1)c1c[nH]c2c(F)cc(C)cc12. The average Bonchev–Trinajstić information content (AvgIpc) is 3.28. The van der Waals surface area contributed by atoms with Crippen molar-refractivity contribution in [1.29, 1.82) is 0 Å². The molecule has 4 aromatic rings. The van der Waals surface area contributed by atoms with Crippen LogP contribution in [0.2, 0.25) is 0 Å². The molecule has 5 nitrogen and oxygen atoms in total. The molecule has 3 aromatic carbocycles. The highest BCUT2D eigenvalue weighted by molar-refractivity contribution is 5.94. The number of carboxylic acid groups (broad SMARTS) is 1. The van der Waals surface area contributed by atoms with E-state index >= 15 is 0 Å². The first-order chi connectivity index (χ1) is 17.8. The molecular formula is C31H33FN2O3. The van der Waals surface area contributed by atoms with E-state index in [1.807, 2.05) is 31.3 Å². The number of nitrogens with one attached hydrogen (secondary N) is 2. The Bertz CT molecular complexity index is 1390. The number of amides is 1. The maximum Gasteiger partial charge on any atom is 0.305 e. The summed E-state index contributed by atoms with van der Waals surface area (Å²) in [6.45, 7) is 6.21. The molecule has 37 heavy (non-hydrogen) atoms. The average molecular weight is 501 g/mol. The Hall–Kier alpha value is -3.93. The van der Waals surface area contributed by atoms with Gasteiger partial charge in [0, 0.05) is 29.6 Å². The lowest BCUT2D eigenvalue weighted by Crippen LogP contribution is -2.26. The normalized spacial score (nSPS) is 12.9. The summed E-state index contributed by atoms with van der Waals surface area (Å²) < 4.78 is 14.8. The first-order valence-electron chi connectivity index (χ1n) is 12.7. The lowest BCUT2D eigenvalue weighted by Gasteiger charge is -2.28. The van der Waals surface area contributed by atoms with Crippen LogP contribution in [0.1, 0.15) is 76.2 Å². The van der Waals surface area contributed by atoms with Crippen LogP contribution in [0.4, 0.5) is 4.39 Å². The Labute approximate surface area is 216 Å². The smallest absolute Gasteiger partial charge is 0.305 e. The number of aromatic nitrogens is 1. The zero-order chi connectivity index (χ0) is 26.5. The number of aromatic amines is 1. The molecule has 0 aliphatic carbocycles. The summed E-state index contributed by atoms with van der Waals surface area (Å²) in [6, 6.07) is 19.6. The molecule has 0 fully saturated rings. The van der Waals surface area contributed by atoms with E-state index in [9.17, 15) is 14.0 Å². The summed E-state index contributed by atoms with van der Waals surface area (Å²) in [4.78, 5) is 26.4. The Kier molecular flexibility index (Phi) is 8.07. The minimum absolute atomic E-state index is 0.0225. The number of carboxylic acids is 1. The molecule has 0 radical (unpaired) electrons. The summed E-state index contributed by atoms with van der Waals surface area (Å²) >= 11 is 0. The largest absolute Gasteiger partial charge is 0.481 e. The molecule has 0 bridgehead atoms. The van der Waals surface area contributed by atoms with Gasteiger partial charge in [0.2, 0.25) is 0 Å². The lowest BCUT2D eigenvalue weighted by molar-refractivity contribution is -0.136. The third-order valence-electron chi connectivity index (χ3n) is 6.92. The summed E-state index contributed by atoms with van der Waals surface area (Å²) in [5.41, 5.74) is 6.35. The van der Waals surface area contributed by atoms with Crippen molar-refractivity contribution < 1.29 is 19.1 Å². The fourth-order valence-electron chi connectivity index (χ4n) is 5.11. The number of rotatable bonds is 10. The molecule has 192 valence electrons. The summed E-state index contributed by atoms with van der Waals surface area (Å²) in [5.74, 6) is -1.43. The maximum atomic E-state index is 14.8. The predicted molar refractivity (Wildman–Crippen MR) is 145 cm³/mol. The van der Waals surface area contributed by atoms with Crippen LogP contribution in [0.25, 0.3) is 10.9 Å². The van der Waals surface area contributed by atoms with Gasteiger partial charge in [0.05, 0.1) is 11.9 Å². The molecule has 0 spiro atoms. The van der Waals surface area contributed by atoms with Gasteiger partial charge in [-0.1, -0.05) is 55.3 Å². The first-order valence-corrected chi connectivity index (χ1v) is 12.7. The van der Waals surface area contributed by atoms with Gasteiger partial charge in [0.15, 0.2) is 0 Å². The van der Waals surface area contributed by atoms with Crippen molar-refractivity contribution in [3.63, 3.8) is 0 Å². The van der Waals surface area contributed by atoms with E-state index in [1.165, 1.54) is 5.56 Å². The van der Waals surface area contributed by atoms with E-state index in [-0.39, 0.29) is 36.5 Å². The highest BCUT2D eigenvalue weighted by atomic mass is 19.1. The molecule has 2 atom stereocenters. The highest BCUT2D eigenvalue weighted by Crippen LogP contribution is 2.44. The van der Waals surface area contributed by atoms with E-state index in [0.717, 1.165) is 40.5 Å². The third kappa shape index (κ3) is 5.91. The van der Waals surface area contributed by atoms with E-state index in [2.05, 4.69) is 48.4 Å². The molecule has 0 saturated heterocycles. The van der Waals surface area contributed by atoms with Crippen LogP contribution in [0, 0.1) is 19.7 Å². The third-order valence-corrected chi connectivity index (χ3v) is 6.92. The van der Waals surface area contributed by atoms with Crippen LogP contribution in [0.15, 0.2) is 66.9 Å². The number of benzene rings is 3. The van der Waals surface area contributed by atoms with Crippen LogP contribution >= 0.6 is 0 Å². The molecule has 1 aromatic heterocycles. The van der Waals surface area contributed by atoms with Gasteiger partial charge in [-0.2, -0.15) is 0 Å². The van der Waals surface area contributed by atoms with Gasteiger partial charge in [0.25, 0.3) is 5.91 Å². The van der Waals surface area contributed by atoms with Crippen LogP contribution < -0.4 is 5.32 Å². The molecule has 0 aliphatic rings. The maximum absolute atomic E-state index is 14.8. The quantitative estimate of drug-likeness (QED) is 0.223. The second kappa shape index (κ2) is 11.4. The number of hydrogen-bond donors (Lipinski definition) is 3. The van der Waals surface area contributed by atoms with Crippen molar-refractivity contribution in [3.05, 3.63) is 106 Å². The molecule has 1 heterocycles. The van der Waals surface area contributed by atoms with E-state index in [1.54, 1.807) is 18.2 Å². The van der Waals surface area contributed by atoms with Gasteiger partial charge in [-0.25, -0.2) is 4.39 Å². The number of carbonyl (C=O) groups excluding carboxylic acids is 1. The van der Waals surface area contributed by atoms with Gasteiger partial charge in [0.1, 0.15) is 5.82 Å². The Morgan fingerprint density at radius 3 is 2.30 bits per heavy atom. The fraction of sp³-hybridized carbons (Fsp3) is 0.290. The number of fused-ring (bicyclic) bond motifs is 1. The van der Waals surface area contributed by atoms with E-state index in [4.69, 9.17) is 5.11 Å².